The van der Waals surface area contributed by atoms with Gasteiger partial charge in [0.05, 0.1) is 26.2 Å². The number of benzene rings is 3. The Bertz CT molecular complexity index is 1390. The van der Waals surface area contributed by atoms with Crippen molar-refractivity contribution in [1.29, 1.82) is 0 Å². The topological polar surface area (TPSA) is 100 Å². The van der Waals surface area contributed by atoms with Crippen LogP contribution in [0.2, 0.25) is 10.0 Å². The molecule has 35 heavy (non-hydrogen) atoms. The molecular weight excluding hydrogens is 610 g/mol. The van der Waals surface area contributed by atoms with Gasteiger partial charge >= 0.3 is 5.97 Å². The summed E-state index contributed by atoms with van der Waals surface area (Å²) in [6.45, 7) is 0.319. The minimum absolute atomic E-state index is 0.0364. The monoisotopic (exact) mass is 624 g/mol. The van der Waals surface area contributed by atoms with Crippen LogP contribution in [0.15, 0.2) is 65.3 Å². The van der Waals surface area contributed by atoms with Crippen LogP contribution in [0.4, 0.5) is 5.69 Å². The minimum Gasteiger partial charge on any atom is -0.493 e. The maximum absolute atomic E-state index is 12.4. The molecule has 0 unspecified atom stereocenters. The Morgan fingerprint density at radius 2 is 1.89 bits per heavy atom. The van der Waals surface area contributed by atoms with Crippen LogP contribution in [0, 0.1) is 13.7 Å². The van der Waals surface area contributed by atoms with Crippen LogP contribution < -0.4 is 9.47 Å². The SMILES string of the molecule is COc1cc(/C=C2\N=C(c3ccc([N+](=O)[O-])cc3Cl)OC2=O)cc(I)c1OCc1ccc(Cl)cc1. The molecule has 3 aromatic rings. The summed E-state index contributed by atoms with van der Waals surface area (Å²) in [7, 11) is 1.52. The Morgan fingerprint density at radius 3 is 2.54 bits per heavy atom. The van der Waals surface area contributed by atoms with Crippen molar-refractivity contribution in [2.24, 2.45) is 4.99 Å². The molecule has 0 spiro atoms. The van der Waals surface area contributed by atoms with Crippen molar-refractivity contribution < 1.29 is 23.9 Å². The lowest BCUT2D eigenvalue weighted by molar-refractivity contribution is -0.384. The second kappa shape index (κ2) is 10.6. The summed E-state index contributed by atoms with van der Waals surface area (Å²) < 4.78 is 17.5. The van der Waals surface area contributed by atoms with Gasteiger partial charge in [0, 0.05) is 17.2 Å². The Balaban J connectivity index is 1.59. The number of esters is 1. The average molecular weight is 625 g/mol. The number of ether oxygens (including phenoxy) is 3. The van der Waals surface area contributed by atoms with Gasteiger partial charge in [-0.3, -0.25) is 10.1 Å². The highest BCUT2D eigenvalue weighted by Gasteiger charge is 2.27. The maximum atomic E-state index is 12.4. The number of hydrogen-bond acceptors (Lipinski definition) is 7. The predicted octanol–water partition coefficient (Wildman–Crippen LogP) is 6.44. The van der Waals surface area contributed by atoms with Gasteiger partial charge in [-0.15, -0.1) is 0 Å². The molecule has 8 nitrogen and oxygen atoms in total. The molecule has 1 aliphatic rings. The molecule has 3 aromatic carbocycles. The number of nitro benzene ring substituents is 1. The average Bonchev–Trinajstić information content (AvgIpc) is 3.18. The lowest BCUT2D eigenvalue weighted by Crippen LogP contribution is -2.06. The van der Waals surface area contributed by atoms with Gasteiger partial charge in [-0.2, -0.15) is 0 Å². The first-order valence-electron chi connectivity index (χ1n) is 9.97. The smallest absolute Gasteiger partial charge is 0.363 e. The fourth-order valence-corrected chi connectivity index (χ4v) is 4.34. The minimum atomic E-state index is -0.675. The standard InChI is InChI=1S/C24H15Cl2IN2O6/c1-33-21-10-14(8-19(27)22(21)34-12-13-2-4-15(25)5-3-13)9-20-24(30)35-23(28-20)17-7-6-16(29(31)32)11-18(17)26/h2-11H,12H2,1H3/b20-9-. The zero-order chi connectivity index (χ0) is 25.1. The van der Waals surface area contributed by atoms with Gasteiger partial charge in [-0.1, -0.05) is 35.3 Å². The van der Waals surface area contributed by atoms with Crippen LogP contribution in [0.25, 0.3) is 6.08 Å². The third-order valence-corrected chi connectivity index (χ3v) is 6.23. The summed E-state index contributed by atoms with van der Waals surface area (Å²) in [5.74, 6) is 0.324. The summed E-state index contributed by atoms with van der Waals surface area (Å²) in [6.07, 6.45) is 1.54. The number of hydrogen-bond donors (Lipinski definition) is 0. The van der Waals surface area contributed by atoms with Crippen LogP contribution in [0.3, 0.4) is 0 Å². The summed E-state index contributed by atoms with van der Waals surface area (Å²) in [6, 6.07) is 14.7. The van der Waals surface area contributed by atoms with Crippen molar-refractivity contribution in [2.45, 2.75) is 6.61 Å². The highest BCUT2D eigenvalue weighted by molar-refractivity contribution is 14.1. The van der Waals surface area contributed by atoms with E-state index in [1.807, 2.05) is 18.2 Å². The van der Waals surface area contributed by atoms with Crippen LogP contribution in [0.5, 0.6) is 11.5 Å². The van der Waals surface area contributed by atoms with Gasteiger partial charge in [0.15, 0.2) is 17.2 Å². The van der Waals surface area contributed by atoms with E-state index in [1.165, 1.54) is 25.3 Å². The fourth-order valence-electron chi connectivity index (χ4n) is 3.17. The van der Waals surface area contributed by atoms with Crippen LogP contribution >= 0.6 is 45.8 Å². The number of methoxy groups -OCH3 is 1. The van der Waals surface area contributed by atoms with E-state index in [9.17, 15) is 14.9 Å². The molecular formula is C24H15Cl2IN2O6. The van der Waals surface area contributed by atoms with Gasteiger partial charge in [-0.05, 0) is 70.1 Å². The van der Waals surface area contributed by atoms with Crippen molar-refractivity contribution in [2.75, 3.05) is 7.11 Å². The molecule has 0 atom stereocenters. The molecule has 0 saturated heterocycles. The van der Waals surface area contributed by atoms with E-state index in [2.05, 4.69) is 27.6 Å². The van der Waals surface area contributed by atoms with E-state index in [0.29, 0.717) is 28.7 Å². The molecule has 0 bridgehead atoms. The van der Waals surface area contributed by atoms with Crippen molar-refractivity contribution in [3.05, 3.63) is 101 Å². The Kier molecular flexibility index (Phi) is 7.58. The second-order valence-electron chi connectivity index (χ2n) is 7.21. The molecule has 0 amide bonds. The van der Waals surface area contributed by atoms with Gasteiger partial charge in [-0.25, -0.2) is 9.79 Å². The normalized spacial score (nSPS) is 14.0. The molecule has 0 N–H and O–H groups in total. The number of aliphatic imine (C=N–C) groups is 1. The van der Waals surface area contributed by atoms with E-state index >= 15 is 0 Å². The molecule has 0 saturated carbocycles. The van der Waals surface area contributed by atoms with Gasteiger partial charge in [0.2, 0.25) is 5.90 Å². The Labute approximate surface area is 223 Å². The van der Waals surface area contributed by atoms with Crippen molar-refractivity contribution in [1.82, 2.24) is 0 Å². The highest BCUT2D eigenvalue weighted by Crippen LogP contribution is 2.36. The zero-order valence-electron chi connectivity index (χ0n) is 18.0. The number of rotatable bonds is 7. The van der Waals surface area contributed by atoms with Crippen molar-refractivity contribution in [3.8, 4) is 11.5 Å². The Hall–Kier alpha value is -3.15. The molecule has 4 rings (SSSR count). The van der Waals surface area contributed by atoms with Crippen LogP contribution in [-0.4, -0.2) is 23.9 Å². The first-order chi connectivity index (χ1) is 16.7. The third-order valence-electron chi connectivity index (χ3n) is 4.87. The number of non-ortho nitro benzene ring substituents is 1. The molecule has 178 valence electrons. The summed E-state index contributed by atoms with van der Waals surface area (Å²) in [4.78, 5) is 27.0. The van der Waals surface area contributed by atoms with Crippen LogP contribution in [-0.2, 0) is 16.1 Å². The Morgan fingerprint density at radius 1 is 1.14 bits per heavy atom. The number of carbonyl (C=O) groups is 1. The first kappa shape index (κ1) is 25.0. The van der Waals surface area contributed by atoms with Crippen LogP contribution in [0.1, 0.15) is 16.7 Å². The molecule has 1 aliphatic heterocycles. The number of cyclic esters (lactones) is 1. The van der Waals surface area contributed by atoms with Crippen molar-refractivity contribution >= 4 is 69.4 Å². The molecule has 0 radical (unpaired) electrons. The molecule has 0 aromatic heterocycles. The number of carbonyl (C=O) groups excluding carboxylic acids is 1. The van der Waals surface area contributed by atoms with E-state index in [0.717, 1.165) is 9.13 Å². The summed E-state index contributed by atoms with van der Waals surface area (Å²) in [5.41, 5.74) is 1.71. The third kappa shape index (κ3) is 5.75. The summed E-state index contributed by atoms with van der Waals surface area (Å²) >= 11 is 14.2. The van der Waals surface area contributed by atoms with E-state index in [-0.39, 0.29) is 27.9 Å². The lowest BCUT2D eigenvalue weighted by atomic mass is 10.1. The number of halogens is 3. The van der Waals surface area contributed by atoms with E-state index < -0.39 is 10.9 Å². The maximum Gasteiger partial charge on any atom is 0.363 e. The number of nitro groups is 1. The molecule has 0 aliphatic carbocycles. The van der Waals surface area contributed by atoms with E-state index in [1.54, 1.807) is 24.3 Å². The largest absolute Gasteiger partial charge is 0.493 e. The zero-order valence-corrected chi connectivity index (χ0v) is 21.6. The molecule has 1 heterocycles. The highest BCUT2D eigenvalue weighted by atomic mass is 127. The second-order valence-corrected chi connectivity index (χ2v) is 9.21. The molecule has 0 fully saturated rings. The molecule has 11 heteroatoms. The van der Waals surface area contributed by atoms with Gasteiger partial charge < -0.3 is 14.2 Å². The number of nitrogens with zero attached hydrogens (tertiary/aromatic N) is 2. The fraction of sp³-hybridized carbons (Fsp3) is 0.0833. The van der Waals surface area contributed by atoms with Crippen molar-refractivity contribution in [3.63, 3.8) is 0 Å². The van der Waals surface area contributed by atoms with Gasteiger partial charge in [0.25, 0.3) is 5.69 Å². The van der Waals surface area contributed by atoms with Gasteiger partial charge in [0.1, 0.15) is 6.61 Å². The first-order valence-corrected chi connectivity index (χ1v) is 11.8. The lowest BCUT2D eigenvalue weighted by Gasteiger charge is -2.14. The summed E-state index contributed by atoms with van der Waals surface area (Å²) in [5, 5.41) is 11.6. The predicted molar refractivity (Wildman–Crippen MR) is 140 cm³/mol. The van der Waals surface area contributed by atoms with E-state index in [4.69, 9.17) is 37.4 Å². The quantitative estimate of drug-likeness (QED) is 0.0986.